The second kappa shape index (κ2) is 20.5. The maximum absolute atomic E-state index is 12.4. The largest absolute Gasteiger partial charge is 0.481 e. The second-order valence-corrected chi connectivity index (χ2v) is 9.62. The van der Waals surface area contributed by atoms with E-state index in [1.165, 1.54) is 0 Å². The number of carbonyl (C=O) groups excluding carboxylic acids is 3. The van der Waals surface area contributed by atoms with Crippen LogP contribution in [-0.4, -0.2) is 139 Å². The molecule has 0 spiro atoms. The number of unbranched alkanes of at least 4 members (excludes halogenated alkanes) is 1. The number of carboxylic acids is 3. The lowest BCUT2D eigenvalue weighted by atomic mass is 10.1. The number of carboxylic acid groups (broad SMARTS) is 3. The normalized spacial score (nSPS) is 17.5. The highest BCUT2D eigenvalue weighted by atomic mass is 16.4. The van der Waals surface area contributed by atoms with Crippen molar-refractivity contribution in [2.45, 2.75) is 50.2 Å². The van der Waals surface area contributed by atoms with E-state index < -0.39 is 73.0 Å². The molecule has 0 aromatic rings. The van der Waals surface area contributed by atoms with E-state index in [1.54, 1.807) is 0 Å². The zero-order valence-electron chi connectivity index (χ0n) is 23.2. The van der Waals surface area contributed by atoms with Crippen molar-refractivity contribution in [2.24, 2.45) is 5.73 Å². The summed E-state index contributed by atoms with van der Waals surface area (Å²) in [5.74, 6) is -7.37. The number of carbonyl (C=O) groups is 6. The lowest BCUT2D eigenvalue weighted by Gasteiger charge is -2.23. The molecule has 0 radical (unpaired) electrons. The molecule has 1 heterocycles. The standard InChI is InChI=1S/C24H44N8O9/c25-16(22(38)30-17(14-20(34)35)23(39)31-18(24(40)41)15-21(36)37)13-19(33)29-3-1-2-10-32-11-8-27-6-4-26-5-7-28-9-12-32/h16-18,26-28H,1-15,25H2,(H,29,33)(H,30,38)(H,31,39)(H,34,35)(H,36,37)(H,40,41)/t16-,17-,18-/m0/s1. The molecule has 41 heavy (non-hydrogen) atoms. The quantitative estimate of drug-likeness (QED) is 0.0765. The Morgan fingerprint density at radius 3 is 1.76 bits per heavy atom. The zero-order valence-corrected chi connectivity index (χ0v) is 23.2. The van der Waals surface area contributed by atoms with Gasteiger partial charge in [0, 0.05) is 58.9 Å². The van der Waals surface area contributed by atoms with Gasteiger partial charge in [-0.2, -0.15) is 0 Å². The van der Waals surface area contributed by atoms with E-state index in [1.807, 2.05) is 5.32 Å². The maximum Gasteiger partial charge on any atom is 0.326 e. The SMILES string of the molecule is N[C@@H](CC(=O)NCCCCN1CCNCCNCCNCC1)C(=O)N[C@@H](CC(=O)O)C(=O)N[C@@H](CC(=O)O)C(=O)O. The highest BCUT2D eigenvalue weighted by Crippen LogP contribution is 2.01. The highest BCUT2D eigenvalue weighted by Gasteiger charge is 2.31. The minimum atomic E-state index is -1.84. The first-order valence-corrected chi connectivity index (χ1v) is 13.6. The summed E-state index contributed by atoms with van der Waals surface area (Å²) in [7, 11) is 0. The van der Waals surface area contributed by atoms with Crippen LogP contribution in [0.2, 0.25) is 0 Å². The Morgan fingerprint density at radius 2 is 1.22 bits per heavy atom. The number of hydrogen-bond acceptors (Lipinski definition) is 11. The van der Waals surface area contributed by atoms with Crippen LogP contribution in [0.3, 0.4) is 0 Å². The number of nitrogens with two attached hydrogens (primary N) is 1. The lowest BCUT2D eigenvalue weighted by Crippen LogP contribution is -2.55. The van der Waals surface area contributed by atoms with Gasteiger partial charge in [-0.05, 0) is 19.4 Å². The van der Waals surface area contributed by atoms with Crippen molar-refractivity contribution < 1.29 is 44.1 Å². The summed E-state index contributed by atoms with van der Waals surface area (Å²) in [5.41, 5.74) is 5.77. The van der Waals surface area contributed by atoms with Gasteiger partial charge in [-0.3, -0.25) is 24.0 Å². The van der Waals surface area contributed by atoms with E-state index in [2.05, 4.69) is 31.5 Å². The van der Waals surface area contributed by atoms with Gasteiger partial charge in [0.15, 0.2) is 0 Å². The zero-order chi connectivity index (χ0) is 30.6. The Hall–Kier alpha value is -3.38. The highest BCUT2D eigenvalue weighted by molar-refractivity contribution is 5.95. The van der Waals surface area contributed by atoms with Crippen molar-refractivity contribution in [3.05, 3.63) is 0 Å². The molecule has 0 aliphatic carbocycles. The third-order valence-corrected chi connectivity index (χ3v) is 6.14. The smallest absolute Gasteiger partial charge is 0.326 e. The van der Waals surface area contributed by atoms with Gasteiger partial charge in [0.05, 0.1) is 25.3 Å². The van der Waals surface area contributed by atoms with Gasteiger partial charge < -0.3 is 57.9 Å². The summed E-state index contributed by atoms with van der Waals surface area (Å²) in [6.07, 6.45) is -0.757. The Labute approximate surface area is 238 Å². The van der Waals surface area contributed by atoms with Crippen LogP contribution in [0.1, 0.15) is 32.1 Å². The summed E-state index contributed by atoms with van der Waals surface area (Å²) < 4.78 is 0. The fraction of sp³-hybridized carbons (Fsp3) is 0.750. The molecule has 234 valence electrons. The molecule has 1 saturated heterocycles. The van der Waals surface area contributed by atoms with Crippen molar-refractivity contribution in [3.8, 4) is 0 Å². The molecule has 1 aliphatic rings. The van der Waals surface area contributed by atoms with Crippen LogP contribution < -0.4 is 37.6 Å². The number of nitrogens with zero attached hydrogens (tertiary/aromatic N) is 1. The van der Waals surface area contributed by atoms with Crippen molar-refractivity contribution in [1.29, 1.82) is 0 Å². The van der Waals surface area contributed by atoms with Gasteiger partial charge in [-0.15, -0.1) is 0 Å². The van der Waals surface area contributed by atoms with E-state index >= 15 is 0 Å². The van der Waals surface area contributed by atoms with Gasteiger partial charge >= 0.3 is 17.9 Å². The van der Waals surface area contributed by atoms with Crippen LogP contribution in [-0.2, 0) is 28.8 Å². The fourth-order valence-electron chi connectivity index (χ4n) is 3.90. The molecule has 17 nitrogen and oxygen atoms in total. The molecule has 0 aromatic carbocycles. The van der Waals surface area contributed by atoms with E-state index in [-0.39, 0.29) is 0 Å². The number of amides is 3. The van der Waals surface area contributed by atoms with E-state index in [0.29, 0.717) is 13.0 Å². The summed E-state index contributed by atoms with van der Waals surface area (Å²) in [5, 5.41) is 43.8. The monoisotopic (exact) mass is 588 g/mol. The first-order chi connectivity index (χ1) is 19.5. The van der Waals surface area contributed by atoms with E-state index in [0.717, 1.165) is 65.3 Å². The van der Waals surface area contributed by atoms with Crippen LogP contribution >= 0.6 is 0 Å². The maximum atomic E-state index is 12.4. The predicted octanol–water partition coefficient (Wildman–Crippen LogP) is -4.31. The summed E-state index contributed by atoms with van der Waals surface area (Å²) in [6.45, 7) is 8.49. The minimum Gasteiger partial charge on any atom is -0.481 e. The Bertz CT molecular complexity index is 864. The summed E-state index contributed by atoms with van der Waals surface area (Å²) in [4.78, 5) is 72.6. The molecule has 11 N–H and O–H groups in total. The van der Waals surface area contributed by atoms with Gasteiger partial charge in [-0.1, -0.05) is 0 Å². The average molecular weight is 589 g/mol. The first-order valence-electron chi connectivity index (χ1n) is 13.6. The Balaban J connectivity index is 2.45. The van der Waals surface area contributed by atoms with Crippen molar-refractivity contribution >= 4 is 35.6 Å². The average Bonchev–Trinajstić information content (AvgIpc) is 2.88. The number of aliphatic carboxylic acids is 3. The third-order valence-electron chi connectivity index (χ3n) is 6.14. The van der Waals surface area contributed by atoms with Gasteiger partial charge in [0.1, 0.15) is 12.1 Å². The van der Waals surface area contributed by atoms with E-state index in [9.17, 15) is 28.8 Å². The lowest BCUT2D eigenvalue weighted by molar-refractivity contribution is -0.148. The Kier molecular flexibility index (Phi) is 17.8. The predicted molar refractivity (Wildman–Crippen MR) is 146 cm³/mol. The van der Waals surface area contributed by atoms with Crippen molar-refractivity contribution in [2.75, 3.05) is 65.4 Å². The van der Waals surface area contributed by atoms with Crippen LogP contribution in [0, 0.1) is 0 Å². The third kappa shape index (κ3) is 17.1. The molecule has 0 bridgehead atoms. The second-order valence-electron chi connectivity index (χ2n) is 9.62. The van der Waals surface area contributed by atoms with Crippen molar-refractivity contribution in [3.63, 3.8) is 0 Å². The fourth-order valence-corrected chi connectivity index (χ4v) is 3.90. The molecule has 0 unspecified atom stereocenters. The molecule has 1 fully saturated rings. The Morgan fingerprint density at radius 1 is 0.707 bits per heavy atom. The molecular weight excluding hydrogens is 544 g/mol. The minimum absolute atomic E-state index is 0.368. The molecule has 1 rings (SSSR count). The van der Waals surface area contributed by atoms with Crippen LogP contribution in [0.25, 0.3) is 0 Å². The van der Waals surface area contributed by atoms with Crippen LogP contribution in [0.4, 0.5) is 0 Å². The van der Waals surface area contributed by atoms with Gasteiger partial charge in [0.25, 0.3) is 0 Å². The molecule has 1 aliphatic heterocycles. The molecule has 0 aromatic heterocycles. The number of nitrogens with one attached hydrogen (secondary N) is 6. The van der Waals surface area contributed by atoms with Gasteiger partial charge in [0.2, 0.25) is 17.7 Å². The molecule has 17 heteroatoms. The first kappa shape index (κ1) is 35.6. The molecular formula is C24H44N8O9. The number of hydrogen-bond donors (Lipinski definition) is 10. The molecule has 3 amide bonds. The van der Waals surface area contributed by atoms with Crippen LogP contribution in [0.15, 0.2) is 0 Å². The molecule has 0 saturated carbocycles. The number of rotatable bonds is 16. The van der Waals surface area contributed by atoms with Crippen molar-refractivity contribution in [1.82, 2.24) is 36.8 Å². The topological polar surface area (TPSA) is 265 Å². The summed E-state index contributed by atoms with van der Waals surface area (Å²) in [6, 6.07) is -4.99. The van der Waals surface area contributed by atoms with Gasteiger partial charge in [-0.25, -0.2) is 4.79 Å². The molecule has 3 atom stereocenters. The summed E-state index contributed by atoms with van der Waals surface area (Å²) >= 11 is 0. The van der Waals surface area contributed by atoms with Crippen LogP contribution in [0.5, 0.6) is 0 Å². The van der Waals surface area contributed by atoms with E-state index in [4.69, 9.17) is 21.1 Å².